The number of anilines is 1. The molecular weight excluding hydrogens is 376 g/mol. The molecule has 0 spiro atoms. The number of hydrogen-bond donors (Lipinski definition) is 2. The summed E-state index contributed by atoms with van der Waals surface area (Å²) in [5, 5.41) is 12.2. The van der Waals surface area contributed by atoms with Gasteiger partial charge in [0.05, 0.1) is 30.0 Å². The van der Waals surface area contributed by atoms with Crippen LogP contribution < -0.4 is 10.1 Å². The van der Waals surface area contributed by atoms with Gasteiger partial charge >= 0.3 is 5.97 Å². The molecule has 0 fully saturated rings. The highest BCUT2D eigenvalue weighted by Crippen LogP contribution is 2.32. The van der Waals surface area contributed by atoms with Gasteiger partial charge in [-0.15, -0.1) is 11.3 Å². The average Bonchev–Trinajstić information content (AvgIpc) is 2.97. The van der Waals surface area contributed by atoms with Crippen molar-refractivity contribution in [3.63, 3.8) is 0 Å². The minimum absolute atomic E-state index is 0.0717. The number of nitrogens with one attached hydrogen (secondary N) is 1. The molecule has 0 aliphatic heterocycles. The predicted octanol–water partition coefficient (Wildman–Crippen LogP) is 2.91. The van der Waals surface area contributed by atoms with Gasteiger partial charge < -0.3 is 15.2 Å². The Morgan fingerprint density at radius 3 is 2.67 bits per heavy atom. The summed E-state index contributed by atoms with van der Waals surface area (Å²) >= 11 is 7.03. The lowest BCUT2D eigenvalue weighted by molar-refractivity contribution is 0.0693. The van der Waals surface area contributed by atoms with E-state index in [1.54, 1.807) is 6.20 Å². The molecule has 1 aromatic carbocycles. The van der Waals surface area contributed by atoms with E-state index in [0.717, 1.165) is 10.9 Å². The Hall–Kier alpha value is -1.84. The number of benzene rings is 1. The molecule has 10 heteroatoms. The van der Waals surface area contributed by atoms with Gasteiger partial charge in [-0.1, -0.05) is 18.5 Å². The summed E-state index contributed by atoms with van der Waals surface area (Å²) in [4.78, 5) is 16.0. The number of aromatic nitrogens is 1. The number of carboxylic acid groups (broad SMARTS) is 1. The van der Waals surface area contributed by atoms with E-state index in [4.69, 9.17) is 16.3 Å². The number of rotatable bonds is 7. The van der Waals surface area contributed by atoms with Gasteiger partial charge in [0.25, 0.3) is 0 Å². The van der Waals surface area contributed by atoms with Gasteiger partial charge in [0.2, 0.25) is 0 Å². The zero-order valence-corrected chi connectivity index (χ0v) is 15.3. The van der Waals surface area contributed by atoms with Gasteiger partial charge in [-0.05, 0) is 6.07 Å². The number of halogens is 1. The summed E-state index contributed by atoms with van der Waals surface area (Å²) in [6, 6.07) is 2.48. The largest absolute Gasteiger partial charge is 0.496 e. The highest BCUT2D eigenvalue weighted by atomic mass is 35.5. The Kier molecular flexibility index (Phi) is 5.68. The van der Waals surface area contributed by atoms with Gasteiger partial charge in [-0.25, -0.2) is 18.2 Å². The Morgan fingerprint density at radius 2 is 2.17 bits per heavy atom. The van der Waals surface area contributed by atoms with Crippen molar-refractivity contribution in [1.29, 1.82) is 0 Å². The number of carboxylic acids is 1. The van der Waals surface area contributed by atoms with Crippen LogP contribution in [-0.4, -0.2) is 37.3 Å². The highest BCUT2D eigenvalue weighted by molar-refractivity contribution is 7.91. The van der Waals surface area contributed by atoms with Gasteiger partial charge in [0, 0.05) is 17.1 Å². The number of hydrogen-bond acceptors (Lipinski definition) is 7. The summed E-state index contributed by atoms with van der Waals surface area (Å²) in [6.07, 6.45) is 1.58. The Balaban J connectivity index is 2.48. The summed E-state index contributed by atoms with van der Waals surface area (Å²) < 4.78 is 30.1. The molecule has 0 saturated heterocycles. The maximum atomic E-state index is 12.3. The standard InChI is InChI=1S/C14H15ClN2O5S2/c1-3-24(20,21)12-4-9(13(18)19)11(22-2)5-10(12)16-6-8-7-17-14(15)23-8/h4-5,7,16H,3,6H2,1-2H3,(H,18,19). The molecule has 130 valence electrons. The van der Waals surface area contributed by atoms with E-state index >= 15 is 0 Å². The zero-order chi connectivity index (χ0) is 17.9. The molecule has 2 rings (SSSR count). The number of sulfone groups is 1. The first-order valence-electron chi connectivity index (χ1n) is 6.80. The Morgan fingerprint density at radius 1 is 1.46 bits per heavy atom. The number of thiazole rings is 1. The molecule has 2 aromatic rings. The maximum absolute atomic E-state index is 12.3. The van der Waals surface area contributed by atoms with E-state index in [1.807, 2.05) is 0 Å². The second-order valence-corrected chi connectivity index (χ2v) is 8.63. The topological polar surface area (TPSA) is 106 Å². The molecule has 1 aromatic heterocycles. The van der Waals surface area contributed by atoms with Gasteiger partial charge in [-0.2, -0.15) is 0 Å². The fourth-order valence-corrected chi connectivity index (χ4v) is 3.99. The number of nitrogens with zero attached hydrogens (tertiary/aromatic N) is 1. The third-order valence-corrected chi connectivity index (χ3v) is 6.11. The number of ether oxygens (including phenoxy) is 1. The van der Waals surface area contributed by atoms with Crippen molar-refractivity contribution in [3.8, 4) is 5.75 Å². The molecule has 0 aliphatic rings. The average molecular weight is 391 g/mol. The van der Waals surface area contributed by atoms with Crippen LogP contribution in [0, 0.1) is 0 Å². The van der Waals surface area contributed by atoms with Crippen molar-refractivity contribution in [2.24, 2.45) is 0 Å². The monoisotopic (exact) mass is 390 g/mol. The second-order valence-electron chi connectivity index (χ2n) is 4.69. The van der Waals surface area contributed by atoms with Crippen LogP contribution in [0.25, 0.3) is 0 Å². The van der Waals surface area contributed by atoms with Gasteiger partial charge in [0.1, 0.15) is 11.3 Å². The molecule has 0 saturated carbocycles. The highest BCUT2D eigenvalue weighted by Gasteiger charge is 2.23. The predicted molar refractivity (Wildman–Crippen MR) is 92.1 cm³/mol. The van der Waals surface area contributed by atoms with E-state index in [2.05, 4.69) is 10.3 Å². The van der Waals surface area contributed by atoms with Crippen LogP contribution >= 0.6 is 22.9 Å². The summed E-state index contributed by atoms with van der Waals surface area (Å²) in [7, 11) is -2.31. The van der Waals surface area contributed by atoms with E-state index in [9.17, 15) is 18.3 Å². The van der Waals surface area contributed by atoms with Gasteiger partial charge in [-0.3, -0.25) is 0 Å². The lowest BCUT2D eigenvalue weighted by atomic mass is 10.1. The molecule has 7 nitrogen and oxygen atoms in total. The van der Waals surface area contributed by atoms with Gasteiger partial charge in [0.15, 0.2) is 14.3 Å². The number of carbonyl (C=O) groups is 1. The van der Waals surface area contributed by atoms with Crippen LogP contribution in [0.3, 0.4) is 0 Å². The molecular formula is C14H15ClN2O5S2. The van der Waals surface area contributed by atoms with E-state index < -0.39 is 15.8 Å². The molecule has 0 radical (unpaired) electrons. The third-order valence-electron chi connectivity index (χ3n) is 3.23. The molecule has 2 N–H and O–H groups in total. The molecule has 0 atom stereocenters. The first-order valence-corrected chi connectivity index (χ1v) is 9.65. The van der Waals surface area contributed by atoms with Crippen molar-refractivity contribution in [2.75, 3.05) is 18.2 Å². The van der Waals surface area contributed by atoms with Crippen molar-refractivity contribution in [2.45, 2.75) is 18.4 Å². The molecule has 1 heterocycles. The fraction of sp³-hybridized carbons (Fsp3) is 0.286. The minimum atomic E-state index is -3.63. The van der Waals surface area contributed by atoms with Crippen LogP contribution in [0.1, 0.15) is 22.2 Å². The van der Waals surface area contributed by atoms with Crippen LogP contribution in [0.15, 0.2) is 23.2 Å². The lowest BCUT2D eigenvalue weighted by Gasteiger charge is -2.15. The zero-order valence-electron chi connectivity index (χ0n) is 12.9. The molecule has 0 aliphatic carbocycles. The first-order chi connectivity index (χ1) is 11.3. The van der Waals surface area contributed by atoms with Crippen molar-refractivity contribution < 1.29 is 23.1 Å². The van der Waals surface area contributed by atoms with Crippen molar-refractivity contribution in [3.05, 3.63) is 33.2 Å². The van der Waals surface area contributed by atoms with Crippen LogP contribution in [0.2, 0.25) is 4.47 Å². The summed E-state index contributed by atoms with van der Waals surface area (Å²) in [5.74, 6) is -1.35. The van der Waals surface area contributed by atoms with Crippen molar-refractivity contribution >= 4 is 44.4 Å². The van der Waals surface area contributed by atoms with E-state index in [0.29, 0.717) is 11.0 Å². The van der Waals surface area contributed by atoms with Crippen LogP contribution in [0.5, 0.6) is 5.75 Å². The normalized spacial score (nSPS) is 11.3. The Labute approximate surface area is 148 Å². The van der Waals surface area contributed by atoms with Crippen LogP contribution in [-0.2, 0) is 16.4 Å². The lowest BCUT2D eigenvalue weighted by Crippen LogP contribution is -2.12. The van der Waals surface area contributed by atoms with Crippen molar-refractivity contribution in [1.82, 2.24) is 4.98 Å². The Bertz CT molecular complexity index is 864. The number of methoxy groups -OCH3 is 1. The smallest absolute Gasteiger partial charge is 0.339 e. The second kappa shape index (κ2) is 7.37. The number of aromatic carboxylic acids is 1. The molecule has 0 bridgehead atoms. The summed E-state index contributed by atoms with van der Waals surface area (Å²) in [6.45, 7) is 1.79. The first kappa shape index (κ1) is 18.5. The van der Waals surface area contributed by atoms with Crippen LogP contribution in [0.4, 0.5) is 5.69 Å². The van der Waals surface area contributed by atoms with E-state index in [-0.39, 0.29) is 27.6 Å². The molecule has 0 amide bonds. The third kappa shape index (κ3) is 3.97. The fourth-order valence-electron chi connectivity index (χ4n) is 1.99. The SMILES string of the molecule is CCS(=O)(=O)c1cc(C(=O)O)c(OC)cc1NCc1cnc(Cl)s1. The quantitative estimate of drug-likeness (QED) is 0.748. The minimum Gasteiger partial charge on any atom is -0.496 e. The summed E-state index contributed by atoms with van der Waals surface area (Å²) in [5.41, 5.74) is 0.0548. The van der Waals surface area contributed by atoms with E-state index in [1.165, 1.54) is 31.4 Å². The molecule has 0 unspecified atom stereocenters. The molecule has 24 heavy (non-hydrogen) atoms. The maximum Gasteiger partial charge on any atom is 0.339 e.